The summed E-state index contributed by atoms with van der Waals surface area (Å²) >= 11 is 6.74. The van der Waals surface area contributed by atoms with Gasteiger partial charge in [-0.3, -0.25) is 24.1 Å². The SMILES string of the molecule is COCC1=C(C(=O)OCOC(=O)C(C)(C)C)N2C(=O)C(NC(=O)CC(=O)CCl)[C@@H]2SC1. The fourth-order valence-electron chi connectivity index (χ4n) is 2.83. The van der Waals surface area contributed by atoms with Crippen molar-refractivity contribution in [1.82, 2.24) is 10.2 Å². The van der Waals surface area contributed by atoms with E-state index in [2.05, 4.69) is 5.32 Å². The zero-order chi connectivity index (χ0) is 23.3. The van der Waals surface area contributed by atoms with Gasteiger partial charge in [0.1, 0.15) is 17.1 Å². The number of β-lactam (4-membered cyclic amide) rings is 1. The van der Waals surface area contributed by atoms with Crippen LogP contribution < -0.4 is 5.32 Å². The van der Waals surface area contributed by atoms with Gasteiger partial charge in [-0.25, -0.2) is 4.79 Å². The van der Waals surface area contributed by atoms with Gasteiger partial charge < -0.3 is 19.5 Å². The van der Waals surface area contributed by atoms with Gasteiger partial charge in [-0.1, -0.05) is 0 Å². The zero-order valence-corrected chi connectivity index (χ0v) is 19.3. The number of nitrogens with one attached hydrogen (secondary N) is 1. The Morgan fingerprint density at radius 2 is 1.90 bits per heavy atom. The second-order valence-corrected chi connectivity index (χ2v) is 9.29. The molecule has 2 heterocycles. The summed E-state index contributed by atoms with van der Waals surface area (Å²) in [5.41, 5.74) is -0.223. The summed E-state index contributed by atoms with van der Waals surface area (Å²) in [6.45, 7) is 4.48. The van der Waals surface area contributed by atoms with Gasteiger partial charge in [0.25, 0.3) is 5.91 Å². The molecule has 1 fully saturated rings. The molecule has 10 nitrogen and oxygen atoms in total. The number of rotatable bonds is 9. The maximum atomic E-state index is 12.7. The quantitative estimate of drug-likeness (QED) is 0.167. The van der Waals surface area contributed by atoms with Gasteiger partial charge in [-0.15, -0.1) is 23.4 Å². The third kappa shape index (κ3) is 5.98. The molecule has 2 aliphatic rings. The molecule has 1 unspecified atom stereocenters. The maximum Gasteiger partial charge on any atom is 0.358 e. The molecule has 1 saturated heterocycles. The molecule has 0 radical (unpaired) electrons. The van der Waals surface area contributed by atoms with Crippen LogP contribution in [0.2, 0.25) is 0 Å². The van der Waals surface area contributed by atoms with E-state index < -0.39 is 59.6 Å². The number of carbonyl (C=O) groups is 5. The Bertz CT molecular complexity index is 807. The van der Waals surface area contributed by atoms with Crippen LogP contribution in [-0.2, 0) is 38.2 Å². The molecule has 0 aromatic heterocycles. The van der Waals surface area contributed by atoms with Crippen LogP contribution in [0.25, 0.3) is 0 Å². The van der Waals surface area contributed by atoms with E-state index in [1.807, 2.05) is 0 Å². The molecule has 0 aromatic carbocycles. The number of hydrogen-bond donors (Lipinski definition) is 1. The predicted octanol–water partition coefficient (Wildman–Crippen LogP) is 0.575. The van der Waals surface area contributed by atoms with Crippen LogP contribution in [0.5, 0.6) is 0 Å². The molecular formula is C19H25ClN2O8S. The van der Waals surface area contributed by atoms with Gasteiger partial charge in [0.05, 0.1) is 24.3 Å². The fraction of sp³-hybridized carbons (Fsp3) is 0.632. The van der Waals surface area contributed by atoms with E-state index >= 15 is 0 Å². The molecule has 172 valence electrons. The van der Waals surface area contributed by atoms with E-state index in [4.69, 9.17) is 25.8 Å². The fourth-order valence-corrected chi connectivity index (χ4v) is 4.25. The number of thioether (sulfide) groups is 1. The molecule has 0 aromatic rings. The highest BCUT2D eigenvalue weighted by Crippen LogP contribution is 2.40. The van der Waals surface area contributed by atoms with Crippen molar-refractivity contribution >= 4 is 52.9 Å². The van der Waals surface area contributed by atoms with Gasteiger partial charge in [0, 0.05) is 12.9 Å². The van der Waals surface area contributed by atoms with Crippen LogP contribution in [-0.4, -0.2) is 78.0 Å². The van der Waals surface area contributed by atoms with Crippen molar-refractivity contribution in [2.24, 2.45) is 5.41 Å². The van der Waals surface area contributed by atoms with E-state index in [0.29, 0.717) is 11.3 Å². The second-order valence-electron chi connectivity index (χ2n) is 7.92. The van der Waals surface area contributed by atoms with E-state index in [1.165, 1.54) is 23.8 Å². The largest absolute Gasteiger partial charge is 0.427 e. The summed E-state index contributed by atoms with van der Waals surface area (Å²) in [4.78, 5) is 61.7. The minimum atomic E-state index is -0.883. The van der Waals surface area contributed by atoms with Crippen LogP contribution >= 0.6 is 23.4 Å². The van der Waals surface area contributed by atoms with Crippen LogP contribution in [0.3, 0.4) is 0 Å². The molecule has 0 spiro atoms. The lowest BCUT2D eigenvalue weighted by atomic mass is 9.98. The highest BCUT2D eigenvalue weighted by Gasteiger charge is 2.54. The molecule has 2 rings (SSSR count). The number of alkyl halides is 1. The van der Waals surface area contributed by atoms with Gasteiger partial charge in [-0.05, 0) is 26.3 Å². The Kier molecular flexibility index (Phi) is 8.49. The molecule has 2 amide bonds. The number of halogens is 1. The third-order valence-electron chi connectivity index (χ3n) is 4.37. The lowest BCUT2D eigenvalue weighted by Gasteiger charge is -2.49. The first-order chi connectivity index (χ1) is 14.5. The first-order valence-corrected chi connectivity index (χ1v) is 11.0. The number of nitrogens with zero attached hydrogens (tertiary/aromatic N) is 1. The number of carbonyl (C=O) groups excluding carboxylic acids is 5. The van der Waals surface area contributed by atoms with Crippen LogP contribution in [0.1, 0.15) is 27.2 Å². The van der Waals surface area contributed by atoms with Crippen molar-refractivity contribution in [3.8, 4) is 0 Å². The summed E-state index contributed by atoms with van der Waals surface area (Å²) in [5, 5.41) is 1.97. The summed E-state index contributed by atoms with van der Waals surface area (Å²) in [7, 11) is 1.45. The van der Waals surface area contributed by atoms with Crippen molar-refractivity contribution in [3.63, 3.8) is 0 Å². The highest BCUT2D eigenvalue weighted by atomic mass is 35.5. The minimum Gasteiger partial charge on any atom is -0.427 e. The van der Waals surface area contributed by atoms with Gasteiger partial charge in [-0.2, -0.15) is 0 Å². The number of methoxy groups -OCH3 is 1. The summed E-state index contributed by atoms with van der Waals surface area (Å²) in [6, 6.07) is -0.883. The maximum absolute atomic E-state index is 12.7. The molecule has 0 aliphatic carbocycles. The van der Waals surface area contributed by atoms with Crippen molar-refractivity contribution in [2.75, 3.05) is 32.1 Å². The number of hydrogen-bond acceptors (Lipinski definition) is 9. The molecule has 12 heteroatoms. The summed E-state index contributed by atoms with van der Waals surface area (Å²) in [6.07, 6.45) is -0.427. The number of amides is 2. The normalized spacial score (nSPS) is 20.5. The van der Waals surface area contributed by atoms with E-state index in [0.717, 1.165) is 0 Å². The Morgan fingerprint density at radius 3 is 2.48 bits per heavy atom. The number of ketones is 1. The van der Waals surface area contributed by atoms with Gasteiger partial charge in [0.2, 0.25) is 12.7 Å². The standard InChI is InChI=1S/C19H25ClN2O8S/c1-19(2,3)18(27)30-9-29-17(26)14-10(7-28-4)8-31-16-13(15(25)22(14)16)21-12(24)5-11(23)6-20/h13,16H,5-9H2,1-4H3,(H,21,24)/t13?,16-/m0/s1. The highest BCUT2D eigenvalue weighted by molar-refractivity contribution is 8.00. The first kappa shape index (κ1) is 25.2. The topological polar surface area (TPSA) is 128 Å². The summed E-state index contributed by atoms with van der Waals surface area (Å²) < 4.78 is 15.1. The minimum absolute atomic E-state index is 0.00439. The average molecular weight is 477 g/mol. The smallest absolute Gasteiger partial charge is 0.358 e. The van der Waals surface area contributed by atoms with Crippen molar-refractivity contribution in [1.29, 1.82) is 0 Å². The number of fused-ring (bicyclic) bond motifs is 1. The van der Waals surface area contributed by atoms with Gasteiger partial charge in [0.15, 0.2) is 5.78 Å². The van der Waals surface area contributed by atoms with Crippen LogP contribution in [0, 0.1) is 5.41 Å². The Hall–Kier alpha value is -2.11. The van der Waals surface area contributed by atoms with E-state index in [1.54, 1.807) is 20.8 Å². The molecule has 0 bridgehead atoms. The number of esters is 2. The van der Waals surface area contributed by atoms with Crippen molar-refractivity contribution in [3.05, 3.63) is 11.3 Å². The van der Waals surface area contributed by atoms with Gasteiger partial charge >= 0.3 is 11.9 Å². The molecule has 31 heavy (non-hydrogen) atoms. The molecule has 2 aliphatic heterocycles. The monoisotopic (exact) mass is 476 g/mol. The number of ether oxygens (including phenoxy) is 3. The lowest BCUT2D eigenvalue weighted by molar-refractivity contribution is -0.173. The molecular weight excluding hydrogens is 452 g/mol. The Balaban J connectivity index is 2.08. The molecule has 2 atom stereocenters. The van der Waals surface area contributed by atoms with Crippen LogP contribution in [0.4, 0.5) is 0 Å². The van der Waals surface area contributed by atoms with Crippen molar-refractivity contribution in [2.45, 2.75) is 38.6 Å². The van der Waals surface area contributed by atoms with Crippen molar-refractivity contribution < 1.29 is 38.2 Å². The Morgan fingerprint density at radius 1 is 1.23 bits per heavy atom. The number of Topliss-reactive ketones (excluding diaryl/α,β-unsaturated/α-hetero) is 1. The predicted molar refractivity (Wildman–Crippen MR) is 111 cm³/mol. The first-order valence-electron chi connectivity index (χ1n) is 9.38. The van der Waals surface area contributed by atoms with E-state index in [9.17, 15) is 24.0 Å². The van der Waals surface area contributed by atoms with E-state index in [-0.39, 0.29) is 18.2 Å². The zero-order valence-electron chi connectivity index (χ0n) is 17.7. The summed E-state index contributed by atoms with van der Waals surface area (Å²) in [5.74, 6) is -2.91. The third-order valence-corrected chi connectivity index (χ3v) is 6.01. The lowest BCUT2D eigenvalue weighted by Crippen LogP contribution is -2.70. The Labute approximate surface area is 188 Å². The molecule has 1 N–H and O–H groups in total. The van der Waals surface area contributed by atoms with Crippen LogP contribution in [0.15, 0.2) is 11.3 Å². The molecule has 0 saturated carbocycles. The average Bonchev–Trinajstić information content (AvgIpc) is 2.70. The second kappa shape index (κ2) is 10.5.